The summed E-state index contributed by atoms with van der Waals surface area (Å²) in [5, 5.41) is 16.4. The number of halogens is 2. The molecule has 0 spiro atoms. The van der Waals surface area contributed by atoms with Crippen molar-refractivity contribution < 1.29 is 13.9 Å². The van der Waals surface area contributed by atoms with Crippen LogP contribution in [0.5, 0.6) is 0 Å². The van der Waals surface area contributed by atoms with Crippen LogP contribution in [0.3, 0.4) is 0 Å². The Hall–Kier alpha value is -2.65. The van der Waals surface area contributed by atoms with E-state index in [-0.39, 0.29) is 12.8 Å². The molecular weight excluding hydrogens is 384 g/mol. The van der Waals surface area contributed by atoms with Gasteiger partial charge in [0.25, 0.3) is 0 Å². The van der Waals surface area contributed by atoms with Gasteiger partial charge in [-0.25, -0.2) is 18.7 Å². The molecule has 0 aliphatic heterocycles. The van der Waals surface area contributed by atoms with Gasteiger partial charge < -0.3 is 10.8 Å². The van der Waals surface area contributed by atoms with Crippen molar-refractivity contribution in [1.82, 2.24) is 19.7 Å². The van der Waals surface area contributed by atoms with Crippen molar-refractivity contribution >= 4 is 38.3 Å². The molecule has 0 saturated heterocycles. The first-order valence-corrected chi connectivity index (χ1v) is 9.67. The molecule has 0 amide bonds. The highest BCUT2D eigenvalue weighted by molar-refractivity contribution is 7.19. The highest BCUT2D eigenvalue weighted by Gasteiger charge is 2.49. The number of rotatable bonds is 3. The van der Waals surface area contributed by atoms with Crippen molar-refractivity contribution in [2.24, 2.45) is 13.0 Å². The molecule has 28 heavy (non-hydrogen) atoms. The van der Waals surface area contributed by atoms with Crippen LogP contribution in [0.1, 0.15) is 23.8 Å². The van der Waals surface area contributed by atoms with Gasteiger partial charge in [0.15, 0.2) is 5.65 Å². The van der Waals surface area contributed by atoms with Crippen molar-refractivity contribution in [2.45, 2.75) is 24.9 Å². The van der Waals surface area contributed by atoms with Crippen LogP contribution in [0.2, 0.25) is 0 Å². The quantitative estimate of drug-likeness (QED) is 0.543. The zero-order chi connectivity index (χ0) is 19.6. The molecule has 1 aliphatic carbocycles. The number of alkyl halides is 2. The first-order valence-electron chi connectivity index (χ1n) is 8.85. The minimum atomic E-state index is -2.68. The number of pyridine rings is 2. The fraction of sp³-hybridized carbons (Fsp3) is 0.316. The molecule has 9 heteroatoms. The Morgan fingerprint density at radius 3 is 2.89 bits per heavy atom. The molecule has 0 radical (unpaired) electrons. The van der Waals surface area contributed by atoms with E-state index in [0.29, 0.717) is 21.0 Å². The van der Waals surface area contributed by atoms with Crippen LogP contribution >= 0.6 is 11.3 Å². The standard InChI is InChI=1S/C19H17F2N5OS/c1-26-8-10-4-9(7-23-17(10)25-26)13-3-2-12-14(22)16(28-18(12)24-13)15(27)11-5-19(20,21)6-11/h2-4,7-8,11,15,27H,5-6,22H2,1H3. The number of nitrogens with two attached hydrogens (primary N) is 1. The van der Waals surface area contributed by atoms with Crippen molar-refractivity contribution in [3.8, 4) is 11.3 Å². The van der Waals surface area contributed by atoms with Crippen LogP contribution in [0, 0.1) is 5.92 Å². The molecule has 1 saturated carbocycles. The van der Waals surface area contributed by atoms with E-state index in [1.54, 1.807) is 10.9 Å². The summed E-state index contributed by atoms with van der Waals surface area (Å²) >= 11 is 1.26. The summed E-state index contributed by atoms with van der Waals surface area (Å²) in [4.78, 5) is 10.2. The third-order valence-electron chi connectivity index (χ3n) is 5.23. The summed E-state index contributed by atoms with van der Waals surface area (Å²) in [5.74, 6) is -3.15. The Bertz CT molecular complexity index is 1210. The minimum Gasteiger partial charge on any atom is -0.397 e. The maximum atomic E-state index is 13.2. The van der Waals surface area contributed by atoms with Crippen LogP contribution in [-0.4, -0.2) is 30.8 Å². The number of hydrogen-bond acceptors (Lipinski definition) is 6. The van der Waals surface area contributed by atoms with E-state index >= 15 is 0 Å². The van der Waals surface area contributed by atoms with E-state index in [1.807, 2.05) is 31.4 Å². The van der Waals surface area contributed by atoms with Crippen molar-refractivity contribution in [1.29, 1.82) is 0 Å². The number of aryl methyl sites for hydroxylation is 1. The molecule has 1 fully saturated rings. The molecule has 1 unspecified atom stereocenters. The molecule has 1 atom stereocenters. The average molecular weight is 401 g/mol. The topological polar surface area (TPSA) is 89.8 Å². The second kappa shape index (κ2) is 5.92. The van der Waals surface area contributed by atoms with Crippen molar-refractivity contribution in [3.05, 3.63) is 35.5 Å². The highest BCUT2D eigenvalue weighted by Crippen LogP contribution is 2.51. The predicted octanol–water partition coefficient (Wildman–Crippen LogP) is 3.91. The lowest BCUT2D eigenvalue weighted by molar-refractivity contribution is -0.141. The molecule has 1 aliphatic rings. The van der Waals surface area contributed by atoms with Crippen LogP contribution in [-0.2, 0) is 7.05 Å². The number of aliphatic hydroxyl groups is 1. The number of nitrogens with zero attached hydrogens (tertiary/aromatic N) is 4. The number of aromatic nitrogens is 4. The molecule has 3 N–H and O–H groups in total. The minimum absolute atomic E-state index is 0.308. The van der Waals surface area contributed by atoms with Crippen LogP contribution in [0.4, 0.5) is 14.5 Å². The number of nitrogen functional groups attached to an aromatic ring is 1. The third-order valence-corrected chi connectivity index (χ3v) is 6.41. The highest BCUT2D eigenvalue weighted by atomic mass is 32.1. The third kappa shape index (κ3) is 2.73. The zero-order valence-electron chi connectivity index (χ0n) is 14.9. The first kappa shape index (κ1) is 17.4. The van der Waals surface area contributed by atoms with Crippen LogP contribution in [0.15, 0.2) is 30.6 Å². The lowest BCUT2D eigenvalue weighted by Crippen LogP contribution is -2.38. The maximum Gasteiger partial charge on any atom is 0.248 e. The molecule has 0 aromatic carbocycles. The normalized spacial score (nSPS) is 17.9. The van der Waals surface area contributed by atoms with E-state index in [9.17, 15) is 13.9 Å². The zero-order valence-corrected chi connectivity index (χ0v) is 15.7. The Balaban J connectivity index is 1.52. The summed E-state index contributed by atoms with van der Waals surface area (Å²) in [7, 11) is 1.84. The molecule has 6 nitrogen and oxygen atoms in total. The van der Waals surface area contributed by atoms with Gasteiger partial charge in [-0.3, -0.25) is 4.68 Å². The Labute approximate surface area is 162 Å². The van der Waals surface area contributed by atoms with Gasteiger partial charge in [0.05, 0.1) is 22.4 Å². The number of thiophene rings is 1. The fourth-order valence-corrected chi connectivity index (χ4v) is 4.89. The van der Waals surface area contributed by atoms with Gasteiger partial charge in [0.2, 0.25) is 5.92 Å². The van der Waals surface area contributed by atoms with Gasteiger partial charge in [-0.15, -0.1) is 11.3 Å². The summed E-state index contributed by atoms with van der Waals surface area (Å²) in [6, 6.07) is 5.66. The molecular formula is C19H17F2N5OS. The number of anilines is 1. The second-order valence-electron chi connectivity index (χ2n) is 7.34. The van der Waals surface area contributed by atoms with Gasteiger partial charge in [-0.2, -0.15) is 5.10 Å². The molecule has 4 aromatic heterocycles. The Kier molecular flexibility index (Phi) is 3.69. The second-order valence-corrected chi connectivity index (χ2v) is 8.37. The fourth-order valence-electron chi connectivity index (χ4n) is 3.71. The van der Waals surface area contributed by atoms with Crippen LogP contribution < -0.4 is 5.73 Å². The van der Waals surface area contributed by atoms with E-state index in [1.165, 1.54) is 11.3 Å². The molecule has 4 aromatic rings. The molecule has 4 heterocycles. The maximum absolute atomic E-state index is 13.2. The smallest absolute Gasteiger partial charge is 0.248 e. The number of fused-ring (bicyclic) bond motifs is 2. The van der Waals surface area contributed by atoms with Crippen LogP contribution in [0.25, 0.3) is 32.5 Å². The van der Waals surface area contributed by atoms with Gasteiger partial charge in [0, 0.05) is 54.5 Å². The summed E-state index contributed by atoms with van der Waals surface area (Å²) in [6.45, 7) is 0. The van der Waals surface area contributed by atoms with Gasteiger partial charge >= 0.3 is 0 Å². The van der Waals surface area contributed by atoms with E-state index in [4.69, 9.17) is 5.73 Å². The summed E-state index contributed by atoms with van der Waals surface area (Å²) in [6.07, 6.45) is 1.99. The Morgan fingerprint density at radius 1 is 1.36 bits per heavy atom. The van der Waals surface area contributed by atoms with Crippen molar-refractivity contribution in [2.75, 3.05) is 5.73 Å². The van der Waals surface area contributed by atoms with E-state index in [2.05, 4.69) is 15.1 Å². The lowest BCUT2D eigenvalue weighted by Gasteiger charge is -2.37. The monoisotopic (exact) mass is 401 g/mol. The predicted molar refractivity (Wildman–Crippen MR) is 104 cm³/mol. The summed E-state index contributed by atoms with van der Waals surface area (Å²) in [5.41, 5.74) is 8.84. The van der Waals surface area contributed by atoms with Crippen molar-refractivity contribution in [3.63, 3.8) is 0 Å². The first-order chi connectivity index (χ1) is 13.3. The number of hydrogen-bond donors (Lipinski definition) is 2. The lowest BCUT2D eigenvalue weighted by atomic mass is 9.77. The molecule has 0 bridgehead atoms. The average Bonchev–Trinajstić information content (AvgIpc) is 3.17. The molecule has 5 rings (SSSR count). The molecule has 144 valence electrons. The van der Waals surface area contributed by atoms with Gasteiger partial charge in [0.1, 0.15) is 4.83 Å². The van der Waals surface area contributed by atoms with E-state index < -0.39 is 17.9 Å². The SMILES string of the molecule is Cn1cc2cc(-c3ccc4c(N)c(C(O)C5CC(F)(F)C5)sc4n3)cnc2n1. The number of aliphatic hydroxyl groups excluding tert-OH is 1. The Morgan fingerprint density at radius 2 is 2.14 bits per heavy atom. The summed E-state index contributed by atoms with van der Waals surface area (Å²) < 4.78 is 28.0. The van der Waals surface area contributed by atoms with E-state index in [0.717, 1.165) is 22.0 Å². The van der Waals surface area contributed by atoms with Gasteiger partial charge in [-0.05, 0) is 18.2 Å². The largest absolute Gasteiger partial charge is 0.397 e. The van der Waals surface area contributed by atoms with Gasteiger partial charge in [-0.1, -0.05) is 0 Å².